The number of amides is 1. The van der Waals surface area contributed by atoms with Gasteiger partial charge in [0.1, 0.15) is 5.54 Å². The molecule has 0 radical (unpaired) electrons. The van der Waals surface area contributed by atoms with Crippen molar-refractivity contribution in [1.29, 1.82) is 0 Å². The molecule has 96 valence electrons. The van der Waals surface area contributed by atoms with E-state index in [2.05, 4.69) is 10.1 Å². The molecule has 0 aromatic heterocycles. The van der Waals surface area contributed by atoms with Gasteiger partial charge in [0.25, 0.3) is 0 Å². The van der Waals surface area contributed by atoms with Crippen LogP contribution in [0.25, 0.3) is 0 Å². The van der Waals surface area contributed by atoms with Gasteiger partial charge in [0.2, 0.25) is 5.91 Å². The van der Waals surface area contributed by atoms with E-state index in [0.717, 1.165) is 14.0 Å². The summed E-state index contributed by atoms with van der Waals surface area (Å²) in [4.78, 5) is 22.5. The molecule has 7 heteroatoms. The van der Waals surface area contributed by atoms with Crippen molar-refractivity contribution in [2.75, 3.05) is 7.11 Å². The molecule has 0 spiro atoms. The molecule has 1 N–H and O–H groups in total. The lowest BCUT2D eigenvalue weighted by Crippen LogP contribution is -2.43. The Hall–Kier alpha value is -1.53. The van der Waals surface area contributed by atoms with Crippen LogP contribution in [0.5, 0.6) is 0 Å². The standard InChI is InChI=1S/C10H12F3NO3/c1-6(10(11,12)13)5-7(15)14-9(3-4-9)8(16)17-2/h5H,3-4H2,1-2H3,(H,14,15)/b6-5+. The highest BCUT2D eigenvalue weighted by Gasteiger charge is 2.52. The molecule has 1 amide bonds. The quantitative estimate of drug-likeness (QED) is 0.608. The van der Waals surface area contributed by atoms with Gasteiger partial charge in [-0.3, -0.25) is 4.79 Å². The van der Waals surface area contributed by atoms with Gasteiger partial charge in [0.15, 0.2) is 0 Å². The van der Waals surface area contributed by atoms with Crippen molar-refractivity contribution in [3.8, 4) is 0 Å². The molecule has 17 heavy (non-hydrogen) atoms. The van der Waals surface area contributed by atoms with Crippen molar-refractivity contribution in [3.63, 3.8) is 0 Å². The fourth-order valence-corrected chi connectivity index (χ4v) is 1.25. The van der Waals surface area contributed by atoms with Crippen LogP contribution in [0.4, 0.5) is 13.2 Å². The van der Waals surface area contributed by atoms with Gasteiger partial charge in [-0.2, -0.15) is 13.2 Å². The SMILES string of the molecule is COC(=O)C1(NC(=O)/C=C(\C)C(F)(F)F)CC1. The zero-order valence-corrected chi connectivity index (χ0v) is 9.35. The molecular weight excluding hydrogens is 239 g/mol. The lowest BCUT2D eigenvalue weighted by atomic mass is 10.2. The summed E-state index contributed by atoms with van der Waals surface area (Å²) in [7, 11) is 1.16. The maximum Gasteiger partial charge on any atom is 0.412 e. The van der Waals surface area contributed by atoms with E-state index in [1.165, 1.54) is 0 Å². The monoisotopic (exact) mass is 251 g/mol. The van der Waals surface area contributed by atoms with E-state index in [1.54, 1.807) is 0 Å². The van der Waals surface area contributed by atoms with Crippen molar-refractivity contribution in [2.45, 2.75) is 31.5 Å². The van der Waals surface area contributed by atoms with E-state index in [1.807, 2.05) is 0 Å². The van der Waals surface area contributed by atoms with E-state index in [0.29, 0.717) is 18.9 Å². The minimum Gasteiger partial charge on any atom is -0.467 e. The summed E-state index contributed by atoms with van der Waals surface area (Å²) in [6.45, 7) is 0.789. The molecule has 0 aromatic rings. The third kappa shape index (κ3) is 3.21. The fraction of sp³-hybridized carbons (Fsp3) is 0.600. The van der Waals surface area contributed by atoms with Crippen LogP contribution < -0.4 is 5.32 Å². The van der Waals surface area contributed by atoms with Crippen LogP contribution >= 0.6 is 0 Å². The predicted octanol–water partition coefficient (Wildman–Crippen LogP) is 1.32. The first-order chi connectivity index (χ1) is 7.71. The summed E-state index contributed by atoms with van der Waals surface area (Å²) in [6.07, 6.45) is -3.35. The molecule has 1 fully saturated rings. The minimum atomic E-state index is -4.54. The molecule has 0 heterocycles. The third-order valence-corrected chi connectivity index (χ3v) is 2.48. The van der Waals surface area contributed by atoms with Gasteiger partial charge in [-0.05, 0) is 19.8 Å². The van der Waals surface area contributed by atoms with E-state index >= 15 is 0 Å². The minimum absolute atomic E-state index is 0.379. The molecule has 0 unspecified atom stereocenters. The van der Waals surface area contributed by atoms with E-state index in [-0.39, 0.29) is 0 Å². The molecule has 0 saturated heterocycles. The smallest absolute Gasteiger partial charge is 0.412 e. The number of hydrogen-bond acceptors (Lipinski definition) is 3. The number of rotatable bonds is 3. The van der Waals surface area contributed by atoms with Crippen LogP contribution in [0.2, 0.25) is 0 Å². The number of carbonyl (C=O) groups excluding carboxylic acids is 2. The third-order valence-electron chi connectivity index (χ3n) is 2.48. The highest BCUT2D eigenvalue weighted by atomic mass is 19.4. The van der Waals surface area contributed by atoms with Gasteiger partial charge in [0.05, 0.1) is 7.11 Å². The molecule has 1 aliphatic rings. The molecule has 1 rings (SSSR count). The molecule has 0 aliphatic heterocycles. The van der Waals surface area contributed by atoms with E-state index < -0.39 is 29.2 Å². The van der Waals surface area contributed by atoms with Crippen LogP contribution in [-0.4, -0.2) is 30.7 Å². The average molecular weight is 251 g/mol. The van der Waals surface area contributed by atoms with Crippen LogP contribution in [0.15, 0.2) is 11.6 Å². The summed E-state index contributed by atoms with van der Waals surface area (Å²) in [5.74, 6) is -1.58. The van der Waals surface area contributed by atoms with Crippen LogP contribution in [-0.2, 0) is 14.3 Å². The van der Waals surface area contributed by atoms with Crippen molar-refractivity contribution < 1.29 is 27.5 Å². The summed E-state index contributed by atoms with van der Waals surface area (Å²) in [5, 5.41) is 2.23. The maximum atomic E-state index is 12.1. The number of allylic oxidation sites excluding steroid dienone is 1. The number of alkyl halides is 3. The lowest BCUT2D eigenvalue weighted by Gasteiger charge is -2.14. The van der Waals surface area contributed by atoms with Crippen molar-refractivity contribution in [3.05, 3.63) is 11.6 Å². The molecule has 4 nitrogen and oxygen atoms in total. The first kappa shape index (κ1) is 13.5. The fourth-order valence-electron chi connectivity index (χ4n) is 1.25. The number of halogens is 3. The van der Waals surface area contributed by atoms with Gasteiger partial charge in [0, 0.05) is 11.6 Å². The van der Waals surface area contributed by atoms with E-state index in [4.69, 9.17) is 0 Å². The molecule has 0 aromatic carbocycles. The summed E-state index contributed by atoms with van der Waals surface area (Å²) < 4.78 is 40.9. The summed E-state index contributed by atoms with van der Waals surface area (Å²) >= 11 is 0. The zero-order valence-electron chi connectivity index (χ0n) is 9.35. The first-order valence-corrected chi connectivity index (χ1v) is 4.87. The van der Waals surface area contributed by atoms with Crippen molar-refractivity contribution >= 4 is 11.9 Å². The zero-order chi connectivity index (χ0) is 13.3. The maximum absolute atomic E-state index is 12.1. The van der Waals surface area contributed by atoms with E-state index in [9.17, 15) is 22.8 Å². The number of methoxy groups -OCH3 is 1. The van der Waals surface area contributed by atoms with Crippen LogP contribution in [0.3, 0.4) is 0 Å². The Balaban J connectivity index is 2.66. The Bertz CT molecular complexity index is 369. The molecule has 0 atom stereocenters. The van der Waals surface area contributed by atoms with Crippen LogP contribution in [0.1, 0.15) is 19.8 Å². The Morgan fingerprint density at radius 3 is 2.24 bits per heavy atom. The normalized spacial score (nSPS) is 18.5. The summed E-state index contributed by atoms with van der Waals surface area (Å²) in [5.41, 5.74) is -2.15. The number of hydrogen-bond donors (Lipinski definition) is 1. The Labute approximate surface area is 95.8 Å². The number of ether oxygens (including phenoxy) is 1. The molecular formula is C10H12F3NO3. The Kier molecular flexibility index (Phi) is 3.49. The second kappa shape index (κ2) is 4.38. The van der Waals surface area contributed by atoms with Crippen molar-refractivity contribution in [1.82, 2.24) is 5.32 Å². The molecule has 0 bridgehead atoms. The Morgan fingerprint density at radius 2 is 1.88 bits per heavy atom. The van der Waals surface area contributed by atoms with Gasteiger partial charge in [-0.25, -0.2) is 4.79 Å². The van der Waals surface area contributed by atoms with Gasteiger partial charge < -0.3 is 10.1 Å². The highest BCUT2D eigenvalue weighted by Crippen LogP contribution is 2.36. The highest BCUT2D eigenvalue weighted by molar-refractivity contribution is 5.95. The number of nitrogens with one attached hydrogen (secondary N) is 1. The van der Waals surface area contributed by atoms with Gasteiger partial charge in [-0.1, -0.05) is 0 Å². The molecule has 1 saturated carbocycles. The average Bonchev–Trinajstić information content (AvgIpc) is 2.96. The largest absolute Gasteiger partial charge is 0.467 e. The summed E-state index contributed by atoms with van der Waals surface area (Å²) in [6, 6.07) is 0. The van der Waals surface area contributed by atoms with Gasteiger partial charge >= 0.3 is 12.1 Å². The van der Waals surface area contributed by atoms with Crippen molar-refractivity contribution in [2.24, 2.45) is 0 Å². The second-order valence-electron chi connectivity index (χ2n) is 3.89. The lowest BCUT2D eigenvalue weighted by molar-refractivity contribution is -0.145. The Morgan fingerprint density at radius 1 is 1.35 bits per heavy atom. The van der Waals surface area contributed by atoms with Crippen LogP contribution in [0, 0.1) is 0 Å². The second-order valence-corrected chi connectivity index (χ2v) is 3.89. The topological polar surface area (TPSA) is 55.4 Å². The first-order valence-electron chi connectivity index (χ1n) is 4.87. The van der Waals surface area contributed by atoms with Gasteiger partial charge in [-0.15, -0.1) is 0 Å². The number of esters is 1. The number of carbonyl (C=O) groups is 2. The molecule has 1 aliphatic carbocycles. The predicted molar refractivity (Wildman–Crippen MR) is 51.9 cm³/mol.